The van der Waals surface area contributed by atoms with E-state index >= 15 is 0 Å². The number of amides is 1. The van der Waals surface area contributed by atoms with Crippen molar-refractivity contribution in [2.24, 2.45) is 4.99 Å². The summed E-state index contributed by atoms with van der Waals surface area (Å²) in [7, 11) is 0. The smallest absolute Gasteiger partial charge is 0.271 e. The van der Waals surface area contributed by atoms with Crippen molar-refractivity contribution in [3.8, 4) is 18.1 Å². The number of hydrogen-bond acceptors (Lipinski definition) is 6. The topological polar surface area (TPSA) is 93.8 Å². The summed E-state index contributed by atoms with van der Waals surface area (Å²) < 4.78 is 6.33. The Bertz CT molecular complexity index is 1060. The summed E-state index contributed by atoms with van der Waals surface area (Å²) in [4.78, 5) is 27.3. The van der Waals surface area contributed by atoms with Gasteiger partial charge in [-0.15, -0.1) is 6.42 Å². The maximum Gasteiger partial charge on any atom is 0.271 e. The third-order valence-corrected chi connectivity index (χ3v) is 4.89. The molecule has 1 aliphatic rings. The first-order valence-electron chi connectivity index (χ1n) is 7.86. The van der Waals surface area contributed by atoms with Crippen LogP contribution in [0, 0.1) is 22.5 Å². The van der Waals surface area contributed by atoms with Crippen LogP contribution in [0.5, 0.6) is 5.75 Å². The largest absolute Gasteiger partial charge is 0.480 e. The van der Waals surface area contributed by atoms with Crippen LogP contribution in [0.4, 0.5) is 11.4 Å². The van der Waals surface area contributed by atoms with Crippen molar-refractivity contribution >= 4 is 56.2 Å². The van der Waals surface area contributed by atoms with E-state index in [0.29, 0.717) is 27.1 Å². The first kappa shape index (κ1) is 19.7. The fourth-order valence-electron chi connectivity index (χ4n) is 2.30. The number of terminal acetylenes is 1. The molecule has 1 amide bonds. The highest BCUT2D eigenvalue weighted by Gasteiger charge is 2.24. The van der Waals surface area contributed by atoms with Crippen molar-refractivity contribution in [3.05, 3.63) is 67.5 Å². The van der Waals surface area contributed by atoms with Crippen LogP contribution in [0.2, 0.25) is 0 Å². The highest BCUT2D eigenvalue weighted by atomic mass is 79.9. The van der Waals surface area contributed by atoms with Crippen LogP contribution < -0.4 is 10.1 Å². The Morgan fingerprint density at radius 2 is 2.18 bits per heavy atom. The molecular weight excluding hydrogens is 446 g/mol. The van der Waals surface area contributed by atoms with Gasteiger partial charge in [-0.05, 0) is 42.1 Å². The molecule has 1 fully saturated rings. The third-order valence-electron chi connectivity index (χ3n) is 3.49. The number of carbonyl (C=O) groups excluding carboxylic acids is 1. The average Bonchev–Trinajstić information content (AvgIpc) is 3.00. The zero-order valence-corrected chi connectivity index (χ0v) is 16.6. The monoisotopic (exact) mass is 457 g/mol. The van der Waals surface area contributed by atoms with Gasteiger partial charge in [0.1, 0.15) is 12.4 Å². The maximum absolute atomic E-state index is 12.3. The summed E-state index contributed by atoms with van der Waals surface area (Å²) >= 11 is 4.52. The highest BCUT2D eigenvalue weighted by Crippen LogP contribution is 2.32. The zero-order chi connectivity index (χ0) is 20.1. The van der Waals surface area contributed by atoms with Gasteiger partial charge in [0.15, 0.2) is 5.17 Å². The van der Waals surface area contributed by atoms with Crippen LogP contribution in [0.25, 0.3) is 6.08 Å². The summed E-state index contributed by atoms with van der Waals surface area (Å²) in [6, 6.07) is 11.2. The van der Waals surface area contributed by atoms with Crippen molar-refractivity contribution in [1.82, 2.24) is 5.32 Å². The number of nitrogens with one attached hydrogen (secondary N) is 1. The molecule has 1 aliphatic heterocycles. The van der Waals surface area contributed by atoms with Gasteiger partial charge in [-0.2, -0.15) is 0 Å². The summed E-state index contributed by atoms with van der Waals surface area (Å²) in [5.74, 6) is 2.63. The second-order valence-corrected chi connectivity index (χ2v) is 7.38. The standard InChI is InChI=1S/C19H12BrN3O4S/c1-2-8-27-16-7-6-13(20)9-12(16)10-17-18(24)22-19(28-17)21-14-4-3-5-15(11-14)23(25)26/h1,3-7,9-11H,8H2,(H,21,22,24)/b17-10-. The third kappa shape index (κ3) is 4.79. The van der Waals surface area contributed by atoms with Gasteiger partial charge in [0.2, 0.25) is 0 Å². The lowest BCUT2D eigenvalue weighted by Gasteiger charge is -2.07. The number of halogens is 1. The molecule has 1 N–H and O–H groups in total. The van der Waals surface area contributed by atoms with E-state index in [1.807, 2.05) is 12.1 Å². The Kier molecular flexibility index (Phi) is 6.13. The van der Waals surface area contributed by atoms with Crippen molar-refractivity contribution < 1.29 is 14.5 Å². The molecule has 0 aliphatic carbocycles. The van der Waals surface area contributed by atoms with Crippen LogP contribution in [0.3, 0.4) is 0 Å². The number of benzene rings is 2. The van der Waals surface area contributed by atoms with E-state index < -0.39 is 4.92 Å². The van der Waals surface area contributed by atoms with Crippen LogP contribution in [0.1, 0.15) is 5.56 Å². The number of nitro groups is 1. The van der Waals surface area contributed by atoms with E-state index in [9.17, 15) is 14.9 Å². The van der Waals surface area contributed by atoms with E-state index in [1.54, 1.807) is 18.2 Å². The molecule has 140 valence electrons. The number of ether oxygens (including phenoxy) is 1. The molecule has 0 saturated carbocycles. The fourth-order valence-corrected chi connectivity index (χ4v) is 3.51. The van der Waals surface area contributed by atoms with Gasteiger partial charge in [0.05, 0.1) is 15.5 Å². The first-order valence-corrected chi connectivity index (χ1v) is 9.47. The average molecular weight is 458 g/mol. The van der Waals surface area contributed by atoms with Crippen molar-refractivity contribution in [3.63, 3.8) is 0 Å². The molecule has 0 unspecified atom stereocenters. The van der Waals surface area contributed by atoms with Crippen molar-refractivity contribution in [2.75, 3.05) is 6.61 Å². The molecule has 0 radical (unpaired) electrons. The van der Waals surface area contributed by atoms with E-state index in [1.165, 1.54) is 18.2 Å². The van der Waals surface area contributed by atoms with Gasteiger partial charge in [-0.3, -0.25) is 14.9 Å². The van der Waals surface area contributed by atoms with Crippen LogP contribution in [-0.4, -0.2) is 22.6 Å². The van der Waals surface area contributed by atoms with Gasteiger partial charge < -0.3 is 10.1 Å². The summed E-state index contributed by atoms with van der Waals surface area (Å²) in [5.41, 5.74) is 0.981. The van der Waals surface area contributed by atoms with E-state index in [-0.39, 0.29) is 18.2 Å². The van der Waals surface area contributed by atoms with Crippen molar-refractivity contribution in [2.45, 2.75) is 0 Å². The lowest BCUT2D eigenvalue weighted by molar-refractivity contribution is -0.384. The van der Waals surface area contributed by atoms with Gasteiger partial charge in [-0.25, -0.2) is 4.99 Å². The second kappa shape index (κ2) is 8.73. The Morgan fingerprint density at radius 1 is 1.36 bits per heavy atom. The van der Waals surface area contributed by atoms with E-state index in [4.69, 9.17) is 11.2 Å². The molecule has 28 heavy (non-hydrogen) atoms. The van der Waals surface area contributed by atoms with Crippen LogP contribution >= 0.6 is 27.7 Å². The zero-order valence-electron chi connectivity index (χ0n) is 14.2. The number of hydrogen-bond donors (Lipinski definition) is 1. The predicted octanol–water partition coefficient (Wildman–Crippen LogP) is 4.26. The normalized spacial score (nSPS) is 16.1. The number of amidine groups is 1. The summed E-state index contributed by atoms with van der Waals surface area (Å²) in [5, 5.41) is 13.9. The molecule has 9 heteroatoms. The molecular formula is C19H12BrN3O4S. The SMILES string of the molecule is C#CCOc1ccc(Br)cc1/C=C1\SC(=Nc2cccc([N+](=O)[O-])c2)NC1=O. The molecule has 7 nitrogen and oxygen atoms in total. The number of thioether (sulfide) groups is 1. The Morgan fingerprint density at radius 3 is 2.93 bits per heavy atom. The number of nitrogens with zero attached hydrogens (tertiary/aromatic N) is 2. The van der Waals surface area contributed by atoms with Gasteiger partial charge >= 0.3 is 0 Å². The Balaban J connectivity index is 1.87. The Labute approximate surface area is 173 Å². The first-order chi connectivity index (χ1) is 13.5. The number of carbonyl (C=O) groups is 1. The number of non-ortho nitro benzene ring substituents is 1. The number of aliphatic imine (C=N–C) groups is 1. The summed E-state index contributed by atoms with van der Waals surface area (Å²) in [6.07, 6.45) is 6.91. The minimum Gasteiger partial charge on any atom is -0.480 e. The van der Waals surface area contributed by atoms with Gasteiger partial charge in [-0.1, -0.05) is 27.9 Å². The van der Waals surface area contributed by atoms with Crippen LogP contribution in [-0.2, 0) is 4.79 Å². The Hall–Kier alpha value is -3.09. The molecule has 2 aromatic rings. The van der Waals surface area contributed by atoms with Crippen LogP contribution in [0.15, 0.2) is 56.8 Å². The number of nitro benzene ring substituents is 1. The molecule has 0 bridgehead atoms. The lowest BCUT2D eigenvalue weighted by Crippen LogP contribution is -2.19. The molecule has 1 saturated heterocycles. The van der Waals surface area contributed by atoms with Gasteiger partial charge in [0, 0.05) is 22.2 Å². The van der Waals surface area contributed by atoms with E-state index in [0.717, 1.165) is 16.2 Å². The minimum atomic E-state index is -0.500. The molecule has 0 aromatic heterocycles. The molecule has 1 heterocycles. The van der Waals surface area contributed by atoms with Crippen molar-refractivity contribution in [1.29, 1.82) is 0 Å². The lowest BCUT2D eigenvalue weighted by atomic mass is 10.2. The highest BCUT2D eigenvalue weighted by molar-refractivity contribution is 9.10. The summed E-state index contributed by atoms with van der Waals surface area (Å²) in [6.45, 7) is 0.108. The second-order valence-electron chi connectivity index (χ2n) is 5.43. The predicted molar refractivity (Wildman–Crippen MR) is 112 cm³/mol. The van der Waals surface area contributed by atoms with E-state index in [2.05, 4.69) is 32.2 Å². The van der Waals surface area contributed by atoms with Gasteiger partial charge in [0.25, 0.3) is 11.6 Å². The fraction of sp³-hybridized carbons (Fsp3) is 0.0526. The molecule has 0 atom stereocenters. The molecule has 3 rings (SSSR count). The quantitative estimate of drug-likeness (QED) is 0.313. The maximum atomic E-state index is 12.3. The minimum absolute atomic E-state index is 0.0728. The number of rotatable bonds is 5. The molecule has 0 spiro atoms. The molecule has 2 aromatic carbocycles.